The number of piperidine rings is 1. The number of amides is 3. The van der Waals surface area contributed by atoms with E-state index >= 15 is 0 Å². The highest BCUT2D eigenvalue weighted by atomic mass is 19.4. The maximum Gasteiger partial charge on any atom is 0.416 e. The van der Waals surface area contributed by atoms with Crippen molar-refractivity contribution >= 4 is 40.2 Å². The van der Waals surface area contributed by atoms with Crippen LogP contribution in [0.4, 0.5) is 35.2 Å². The number of hydrogen-bond donors (Lipinski definition) is 3. The zero-order valence-corrected chi connectivity index (χ0v) is 23.9. The van der Waals surface area contributed by atoms with Gasteiger partial charge in [-0.3, -0.25) is 4.79 Å². The van der Waals surface area contributed by atoms with Gasteiger partial charge in [0.1, 0.15) is 29.5 Å². The van der Waals surface area contributed by atoms with Crippen molar-refractivity contribution in [1.82, 2.24) is 24.6 Å². The summed E-state index contributed by atoms with van der Waals surface area (Å²) in [5, 5.41) is 20.0. The van der Waals surface area contributed by atoms with Crippen LogP contribution in [0.25, 0.3) is 22.3 Å². The van der Waals surface area contributed by atoms with Crippen LogP contribution in [-0.2, 0) is 11.0 Å². The third-order valence-corrected chi connectivity index (χ3v) is 7.79. The van der Waals surface area contributed by atoms with E-state index in [4.69, 9.17) is 10.8 Å². The molecule has 2 fully saturated rings. The second kappa shape index (κ2) is 11.9. The number of alkyl halides is 3. The second-order valence-corrected chi connectivity index (χ2v) is 11.1. The van der Waals surface area contributed by atoms with E-state index in [0.717, 1.165) is 37.8 Å². The van der Waals surface area contributed by atoms with E-state index in [1.807, 2.05) is 0 Å². The SMILES string of the molecule is N#CC(=CC1CC1)C(=O)N1CCCC(n2nc(-c3ccc(NC(=O)Nc4cccc(C(F)(F)F)c4)cc3)c3c(N)ncnc32)C1. The number of carbonyl (C=O) groups excluding carboxylic acids is 2. The van der Waals surface area contributed by atoms with Crippen LogP contribution in [0.3, 0.4) is 0 Å². The van der Waals surface area contributed by atoms with Gasteiger partial charge < -0.3 is 21.3 Å². The van der Waals surface area contributed by atoms with E-state index in [0.29, 0.717) is 47.0 Å². The molecule has 2 aromatic heterocycles. The van der Waals surface area contributed by atoms with E-state index in [1.54, 1.807) is 39.9 Å². The number of aromatic nitrogens is 4. The lowest BCUT2D eigenvalue weighted by molar-refractivity contribution is -0.137. The summed E-state index contributed by atoms with van der Waals surface area (Å²) in [6.45, 7) is 0.893. The summed E-state index contributed by atoms with van der Waals surface area (Å²) in [5.74, 6) is 0.250. The van der Waals surface area contributed by atoms with Gasteiger partial charge in [-0.15, -0.1) is 0 Å². The lowest BCUT2D eigenvalue weighted by Crippen LogP contribution is -2.41. The molecule has 6 rings (SSSR count). The monoisotopic (exact) mass is 615 g/mol. The minimum absolute atomic E-state index is 0.00260. The number of carbonyl (C=O) groups is 2. The molecule has 11 nitrogen and oxygen atoms in total. The Morgan fingerprint density at radius 1 is 1.04 bits per heavy atom. The third-order valence-electron chi connectivity index (χ3n) is 7.79. The Morgan fingerprint density at radius 2 is 1.80 bits per heavy atom. The van der Waals surface area contributed by atoms with Gasteiger partial charge in [-0.1, -0.05) is 24.3 Å². The largest absolute Gasteiger partial charge is 0.416 e. The number of benzene rings is 2. The number of urea groups is 1. The van der Waals surface area contributed by atoms with Crippen LogP contribution in [0.5, 0.6) is 0 Å². The van der Waals surface area contributed by atoms with Crippen molar-refractivity contribution < 1.29 is 22.8 Å². The van der Waals surface area contributed by atoms with Crippen molar-refractivity contribution in [3.05, 3.63) is 72.1 Å². The van der Waals surface area contributed by atoms with Gasteiger partial charge in [0.25, 0.3) is 5.91 Å². The number of nitrogens with zero attached hydrogens (tertiary/aromatic N) is 6. The Labute approximate surface area is 255 Å². The molecule has 14 heteroatoms. The highest BCUT2D eigenvalue weighted by molar-refractivity contribution is 6.01. The van der Waals surface area contributed by atoms with Crippen LogP contribution < -0.4 is 16.4 Å². The Morgan fingerprint density at radius 3 is 2.51 bits per heavy atom. The maximum atomic E-state index is 13.2. The molecule has 2 aliphatic rings. The number of rotatable bonds is 6. The van der Waals surface area contributed by atoms with Gasteiger partial charge >= 0.3 is 12.2 Å². The number of hydrogen-bond acceptors (Lipinski definition) is 7. The maximum absolute atomic E-state index is 13.2. The van der Waals surface area contributed by atoms with Gasteiger partial charge in [0.15, 0.2) is 5.65 Å². The summed E-state index contributed by atoms with van der Waals surface area (Å²) < 4.78 is 40.8. The molecule has 3 amide bonds. The molecule has 1 saturated heterocycles. The van der Waals surface area contributed by atoms with E-state index < -0.39 is 17.8 Å². The Kier molecular flexibility index (Phi) is 7.84. The molecule has 4 N–H and O–H groups in total. The minimum Gasteiger partial charge on any atom is -0.383 e. The fraction of sp³-hybridized carbons (Fsp3) is 0.290. The first-order chi connectivity index (χ1) is 21.6. The number of nitrogens with one attached hydrogen (secondary N) is 2. The number of allylic oxidation sites excluding steroid dienone is 1. The predicted molar refractivity (Wildman–Crippen MR) is 161 cm³/mol. The summed E-state index contributed by atoms with van der Waals surface area (Å²) in [4.78, 5) is 35.9. The van der Waals surface area contributed by atoms with Crippen LogP contribution in [0.15, 0.2) is 66.5 Å². The van der Waals surface area contributed by atoms with E-state index in [2.05, 4.69) is 26.7 Å². The van der Waals surface area contributed by atoms with Gasteiger partial charge in [-0.05, 0) is 61.9 Å². The molecule has 1 aliphatic heterocycles. The fourth-order valence-corrected chi connectivity index (χ4v) is 5.39. The molecule has 1 aliphatic carbocycles. The quantitative estimate of drug-likeness (QED) is 0.184. The summed E-state index contributed by atoms with van der Waals surface area (Å²) in [6, 6.07) is 12.2. The van der Waals surface area contributed by atoms with Crippen molar-refractivity contribution in [2.24, 2.45) is 5.92 Å². The van der Waals surface area contributed by atoms with Crippen molar-refractivity contribution in [3.8, 4) is 17.3 Å². The highest BCUT2D eigenvalue weighted by Gasteiger charge is 2.32. The number of anilines is 3. The number of nitrogen functional groups attached to an aromatic ring is 1. The van der Waals surface area contributed by atoms with Crippen molar-refractivity contribution in [1.29, 1.82) is 5.26 Å². The Balaban J connectivity index is 1.21. The van der Waals surface area contributed by atoms with Gasteiger partial charge in [0.2, 0.25) is 0 Å². The van der Waals surface area contributed by atoms with Crippen LogP contribution in [-0.4, -0.2) is 49.7 Å². The molecule has 230 valence electrons. The standard InChI is InChI=1S/C31H28F3N9O2/c32-31(33,34)21-3-1-4-23(14-21)40-30(45)39-22-10-8-19(9-11-22)26-25-27(36)37-17-38-28(25)43(41-26)24-5-2-12-42(16-24)29(44)20(15-35)13-18-6-7-18/h1,3-4,8-11,13-14,17-18,24H,2,5-7,12,16H2,(H2,36,37,38)(H2,39,40,45). The Bertz CT molecular complexity index is 1840. The molecule has 1 saturated carbocycles. The molecular formula is C31H28F3N9O2. The molecule has 0 spiro atoms. The summed E-state index contributed by atoms with van der Waals surface area (Å²) in [7, 11) is 0. The van der Waals surface area contributed by atoms with Crippen molar-refractivity contribution in [2.45, 2.75) is 37.9 Å². The smallest absolute Gasteiger partial charge is 0.383 e. The summed E-state index contributed by atoms with van der Waals surface area (Å²) in [6.07, 6.45) is 2.04. The minimum atomic E-state index is -4.53. The zero-order valence-electron chi connectivity index (χ0n) is 23.9. The van der Waals surface area contributed by atoms with Crippen LogP contribution in [0, 0.1) is 17.2 Å². The van der Waals surface area contributed by atoms with Crippen LogP contribution >= 0.6 is 0 Å². The predicted octanol–water partition coefficient (Wildman–Crippen LogP) is 5.76. The van der Waals surface area contributed by atoms with Crippen LogP contribution in [0.1, 0.15) is 37.3 Å². The summed E-state index contributed by atoms with van der Waals surface area (Å²) in [5.41, 5.74) is 7.65. The van der Waals surface area contributed by atoms with Crippen molar-refractivity contribution in [2.75, 3.05) is 29.5 Å². The van der Waals surface area contributed by atoms with Crippen molar-refractivity contribution in [3.63, 3.8) is 0 Å². The lowest BCUT2D eigenvalue weighted by atomic mass is 10.0. The molecular weight excluding hydrogens is 587 g/mol. The van der Waals surface area contributed by atoms with Gasteiger partial charge in [0.05, 0.1) is 17.0 Å². The van der Waals surface area contributed by atoms with Crippen LogP contribution in [0.2, 0.25) is 0 Å². The molecule has 0 radical (unpaired) electrons. The molecule has 45 heavy (non-hydrogen) atoms. The van der Waals surface area contributed by atoms with E-state index in [-0.39, 0.29) is 29.0 Å². The van der Waals surface area contributed by atoms with E-state index in [1.165, 1.54) is 18.5 Å². The molecule has 4 aromatic rings. The number of fused-ring (bicyclic) bond motifs is 1. The highest BCUT2D eigenvalue weighted by Crippen LogP contribution is 2.35. The average Bonchev–Trinajstić information content (AvgIpc) is 3.76. The van der Waals surface area contributed by atoms with Gasteiger partial charge in [-0.2, -0.15) is 23.5 Å². The first-order valence-electron chi connectivity index (χ1n) is 14.4. The topological polar surface area (TPSA) is 155 Å². The first-order valence-corrected chi connectivity index (χ1v) is 14.4. The number of nitriles is 1. The number of likely N-dealkylation sites (tertiary alicyclic amines) is 1. The number of halogens is 3. The summed E-state index contributed by atoms with van der Waals surface area (Å²) >= 11 is 0. The lowest BCUT2D eigenvalue weighted by Gasteiger charge is -2.32. The van der Waals surface area contributed by atoms with Gasteiger partial charge in [-0.25, -0.2) is 19.4 Å². The second-order valence-electron chi connectivity index (χ2n) is 11.1. The molecule has 0 bridgehead atoms. The molecule has 3 heterocycles. The normalized spacial score (nSPS) is 17.2. The zero-order chi connectivity index (χ0) is 31.7. The fourth-order valence-electron chi connectivity index (χ4n) is 5.39. The third kappa shape index (κ3) is 6.42. The van der Waals surface area contributed by atoms with E-state index in [9.17, 15) is 28.0 Å². The van der Waals surface area contributed by atoms with Gasteiger partial charge in [0, 0.05) is 30.0 Å². The first kappa shape index (κ1) is 29.6. The number of nitrogens with two attached hydrogens (primary N) is 1. The molecule has 1 unspecified atom stereocenters. The Hall–Kier alpha value is -5.45. The molecule has 2 aromatic carbocycles. The average molecular weight is 616 g/mol. The molecule has 1 atom stereocenters.